The van der Waals surface area contributed by atoms with Gasteiger partial charge in [-0.05, 0) is 37.5 Å². The first kappa shape index (κ1) is 22.8. The molecule has 168 valence electrons. The number of amides is 1. The van der Waals surface area contributed by atoms with Crippen molar-refractivity contribution >= 4 is 17.7 Å². The molecule has 0 saturated carbocycles. The molecule has 4 aromatic rings. The van der Waals surface area contributed by atoms with E-state index < -0.39 is 0 Å². The number of carbonyl (C=O) groups excluding carboxylic acids is 1. The molecular formula is C27H28N4OS. The SMILES string of the molecule is Cc1ccc(-c2nnc(SCCCC(=O)NCc3ccccc3)n2-c2ccccc2C)cc1. The van der Waals surface area contributed by atoms with E-state index in [0.29, 0.717) is 13.0 Å². The summed E-state index contributed by atoms with van der Waals surface area (Å²) in [6, 6.07) is 26.6. The molecule has 3 aromatic carbocycles. The normalized spacial score (nSPS) is 10.8. The van der Waals surface area contributed by atoms with E-state index in [1.165, 1.54) is 5.56 Å². The maximum absolute atomic E-state index is 12.2. The van der Waals surface area contributed by atoms with Gasteiger partial charge in [0.15, 0.2) is 11.0 Å². The molecule has 0 bridgehead atoms. The molecule has 0 atom stereocenters. The van der Waals surface area contributed by atoms with Gasteiger partial charge in [-0.15, -0.1) is 10.2 Å². The van der Waals surface area contributed by atoms with Crippen LogP contribution in [0.1, 0.15) is 29.5 Å². The number of aryl methyl sites for hydroxylation is 2. The minimum absolute atomic E-state index is 0.0696. The van der Waals surface area contributed by atoms with Crippen LogP contribution in [0.15, 0.2) is 84.0 Å². The first-order valence-electron chi connectivity index (χ1n) is 11.1. The first-order chi connectivity index (χ1) is 16.1. The lowest BCUT2D eigenvalue weighted by Crippen LogP contribution is -2.22. The smallest absolute Gasteiger partial charge is 0.220 e. The lowest BCUT2D eigenvalue weighted by atomic mass is 10.1. The van der Waals surface area contributed by atoms with Crippen molar-refractivity contribution in [3.63, 3.8) is 0 Å². The van der Waals surface area contributed by atoms with E-state index in [2.05, 4.69) is 70.3 Å². The predicted molar refractivity (Wildman–Crippen MR) is 135 cm³/mol. The van der Waals surface area contributed by atoms with Crippen LogP contribution in [0, 0.1) is 13.8 Å². The second-order valence-electron chi connectivity index (χ2n) is 8.01. The number of hydrogen-bond donors (Lipinski definition) is 1. The number of carbonyl (C=O) groups is 1. The van der Waals surface area contributed by atoms with Crippen LogP contribution < -0.4 is 5.32 Å². The molecule has 5 nitrogen and oxygen atoms in total. The molecule has 0 saturated heterocycles. The van der Waals surface area contributed by atoms with Gasteiger partial charge in [0.2, 0.25) is 5.91 Å². The van der Waals surface area contributed by atoms with Gasteiger partial charge in [-0.2, -0.15) is 0 Å². The number of rotatable bonds is 9. The number of aromatic nitrogens is 3. The lowest BCUT2D eigenvalue weighted by molar-refractivity contribution is -0.121. The monoisotopic (exact) mass is 456 g/mol. The van der Waals surface area contributed by atoms with Crippen LogP contribution in [-0.2, 0) is 11.3 Å². The molecule has 0 spiro atoms. The van der Waals surface area contributed by atoms with Crippen molar-refractivity contribution in [3.05, 3.63) is 95.6 Å². The molecule has 0 aliphatic carbocycles. The van der Waals surface area contributed by atoms with E-state index in [9.17, 15) is 4.79 Å². The zero-order valence-corrected chi connectivity index (χ0v) is 19.8. The Labute approximate surface area is 199 Å². The Hall–Kier alpha value is -3.38. The third-order valence-corrected chi connectivity index (χ3v) is 6.43. The van der Waals surface area contributed by atoms with E-state index in [0.717, 1.165) is 45.5 Å². The number of hydrogen-bond acceptors (Lipinski definition) is 4. The summed E-state index contributed by atoms with van der Waals surface area (Å²) in [4.78, 5) is 12.2. The quantitative estimate of drug-likeness (QED) is 0.258. The third-order valence-electron chi connectivity index (χ3n) is 5.41. The summed E-state index contributed by atoms with van der Waals surface area (Å²) >= 11 is 1.64. The summed E-state index contributed by atoms with van der Waals surface area (Å²) in [6.07, 6.45) is 1.26. The number of nitrogens with one attached hydrogen (secondary N) is 1. The molecule has 0 unspecified atom stereocenters. The summed E-state index contributed by atoms with van der Waals surface area (Å²) in [5.41, 5.74) is 5.58. The molecule has 6 heteroatoms. The number of para-hydroxylation sites is 1. The van der Waals surface area contributed by atoms with Crippen molar-refractivity contribution in [3.8, 4) is 17.1 Å². The van der Waals surface area contributed by atoms with Gasteiger partial charge in [0.25, 0.3) is 0 Å². The van der Waals surface area contributed by atoms with Gasteiger partial charge in [0.05, 0.1) is 5.69 Å². The van der Waals surface area contributed by atoms with E-state index in [1.54, 1.807) is 11.8 Å². The minimum atomic E-state index is 0.0696. The first-order valence-corrected chi connectivity index (χ1v) is 12.1. The second kappa shape index (κ2) is 11.0. The molecule has 1 N–H and O–H groups in total. The summed E-state index contributed by atoms with van der Waals surface area (Å²) in [6.45, 7) is 4.74. The van der Waals surface area contributed by atoms with Gasteiger partial charge in [-0.1, -0.05) is 90.1 Å². The van der Waals surface area contributed by atoms with Gasteiger partial charge in [-0.25, -0.2) is 0 Å². The summed E-state index contributed by atoms with van der Waals surface area (Å²) in [5.74, 6) is 1.68. The van der Waals surface area contributed by atoms with Crippen LogP contribution in [0.3, 0.4) is 0 Å². The standard InChI is InChI=1S/C27H28N4OS/c1-20-14-16-23(17-15-20)26-29-30-27(31(26)24-12-7-6-9-21(24)2)33-18-8-13-25(32)28-19-22-10-4-3-5-11-22/h3-7,9-12,14-17H,8,13,18-19H2,1-2H3,(H,28,32). The molecule has 0 aliphatic rings. The Balaban J connectivity index is 1.43. The summed E-state index contributed by atoms with van der Waals surface area (Å²) in [7, 11) is 0. The van der Waals surface area contributed by atoms with Crippen molar-refractivity contribution in [1.82, 2.24) is 20.1 Å². The van der Waals surface area contributed by atoms with Gasteiger partial charge in [0, 0.05) is 24.3 Å². The highest BCUT2D eigenvalue weighted by Gasteiger charge is 2.17. The predicted octanol–water partition coefficient (Wildman–Crippen LogP) is 5.74. The second-order valence-corrected chi connectivity index (χ2v) is 9.07. The van der Waals surface area contributed by atoms with Crippen LogP contribution in [0.2, 0.25) is 0 Å². The number of nitrogens with zero attached hydrogens (tertiary/aromatic N) is 3. The summed E-state index contributed by atoms with van der Waals surface area (Å²) < 4.78 is 2.13. The Kier molecular flexibility index (Phi) is 7.58. The molecular weight excluding hydrogens is 428 g/mol. The maximum atomic E-state index is 12.2. The average Bonchev–Trinajstić information content (AvgIpc) is 3.25. The Morgan fingerprint density at radius 3 is 2.39 bits per heavy atom. The number of thioether (sulfide) groups is 1. The highest BCUT2D eigenvalue weighted by Crippen LogP contribution is 2.30. The van der Waals surface area contributed by atoms with Crippen molar-refractivity contribution in [1.29, 1.82) is 0 Å². The van der Waals surface area contributed by atoms with Crippen molar-refractivity contribution < 1.29 is 4.79 Å². The molecule has 4 rings (SSSR count). The van der Waals surface area contributed by atoms with Gasteiger partial charge >= 0.3 is 0 Å². The van der Waals surface area contributed by atoms with E-state index >= 15 is 0 Å². The zero-order chi connectivity index (χ0) is 23.0. The van der Waals surface area contributed by atoms with Crippen LogP contribution in [0.5, 0.6) is 0 Å². The molecule has 0 radical (unpaired) electrons. The molecule has 33 heavy (non-hydrogen) atoms. The fourth-order valence-corrected chi connectivity index (χ4v) is 4.45. The van der Waals surface area contributed by atoms with Crippen LogP contribution in [0.4, 0.5) is 0 Å². The maximum Gasteiger partial charge on any atom is 0.220 e. The summed E-state index contributed by atoms with van der Waals surface area (Å²) in [5, 5.41) is 12.9. The molecule has 0 aliphatic heterocycles. The largest absolute Gasteiger partial charge is 0.352 e. The number of benzene rings is 3. The van der Waals surface area contributed by atoms with E-state index in [1.807, 2.05) is 42.5 Å². The van der Waals surface area contributed by atoms with Crippen molar-refractivity contribution in [2.24, 2.45) is 0 Å². The average molecular weight is 457 g/mol. The van der Waals surface area contributed by atoms with Gasteiger partial charge < -0.3 is 5.32 Å². The molecule has 0 fully saturated rings. The molecule has 1 aromatic heterocycles. The fraction of sp³-hybridized carbons (Fsp3) is 0.222. The third kappa shape index (κ3) is 5.90. The van der Waals surface area contributed by atoms with E-state index in [-0.39, 0.29) is 5.91 Å². The highest BCUT2D eigenvalue weighted by molar-refractivity contribution is 7.99. The van der Waals surface area contributed by atoms with Crippen LogP contribution >= 0.6 is 11.8 Å². The van der Waals surface area contributed by atoms with Crippen molar-refractivity contribution in [2.45, 2.75) is 38.4 Å². The lowest BCUT2D eigenvalue weighted by Gasteiger charge is -2.13. The van der Waals surface area contributed by atoms with Gasteiger partial charge in [0.1, 0.15) is 0 Å². The Morgan fingerprint density at radius 1 is 0.909 bits per heavy atom. The highest BCUT2D eigenvalue weighted by atomic mass is 32.2. The zero-order valence-electron chi connectivity index (χ0n) is 19.0. The van der Waals surface area contributed by atoms with Crippen LogP contribution in [-0.4, -0.2) is 26.4 Å². The molecule has 1 amide bonds. The van der Waals surface area contributed by atoms with Crippen LogP contribution in [0.25, 0.3) is 17.1 Å². The Bertz CT molecular complexity index is 1200. The van der Waals surface area contributed by atoms with Gasteiger partial charge in [-0.3, -0.25) is 9.36 Å². The topological polar surface area (TPSA) is 59.8 Å². The minimum Gasteiger partial charge on any atom is -0.352 e. The molecule has 1 heterocycles. The van der Waals surface area contributed by atoms with Crippen molar-refractivity contribution in [2.75, 3.05) is 5.75 Å². The Morgan fingerprint density at radius 2 is 1.64 bits per heavy atom. The van der Waals surface area contributed by atoms with E-state index in [4.69, 9.17) is 0 Å². The fourth-order valence-electron chi connectivity index (χ4n) is 3.57.